The van der Waals surface area contributed by atoms with Gasteiger partial charge in [-0.25, -0.2) is 0 Å². The molecule has 3 heterocycles. The summed E-state index contributed by atoms with van der Waals surface area (Å²) < 4.78 is 22.4. The highest BCUT2D eigenvalue weighted by Crippen LogP contribution is 2.34. The summed E-state index contributed by atoms with van der Waals surface area (Å²) in [5, 5.41) is 3.72. The third-order valence-electron chi connectivity index (χ3n) is 5.18. The molecule has 4 rings (SSSR count). The average molecular weight is 319 g/mol. The van der Waals surface area contributed by atoms with Crippen LogP contribution in [0.25, 0.3) is 0 Å². The van der Waals surface area contributed by atoms with Gasteiger partial charge >= 0.3 is 0 Å². The minimum atomic E-state index is 0.0624. The Labute approximate surface area is 137 Å². The molecule has 0 saturated carbocycles. The summed E-state index contributed by atoms with van der Waals surface area (Å²) in [5.74, 6) is 1.72. The van der Waals surface area contributed by atoms with Crippen LogP contribution in [0.3, 0.4) is 0 Å². The summed E-state index contributed by atoms with van der Waals surface area (Å²) in [6.07, 6.45) is 5.28. The molecule has 1 aromatic rings. The Morgan fingerprint density at radius 2 is 1.96 bits per heavy atom. The third-order valence-corrected chi connectivity index (χ3v) is 5.18. The summed E-state index contributed by atoms with van der Waals surface area (Å²) in [6, 6.07) is 6.77. The van der Waals surface area contributed by atoms with E-state index in [1.54, 1.807) is 0 Å². The number of rotatable bonds is 4. The first kappa shape index (κ1) is 15.2. The van der Waals surface area contributed by atoms with Gasteiger partial charge in [0.15, 0.2) is 11.5 Å². The van der Waals surface area contributed by atoms with Crippen LogP contribution in [0, 0.1) is 0 Å². The van der Waals surface area contributed by atoms with Gasteiger partial charge in [0.05, 0.1) is 5.60 Å². The van der Waals surface area contributed by atoms with Crippen LogP contribution in [-0.4, -0.2) is 44.8 Å². The van der Waals surface area contributed by atoms with Gasteiger partial charge in [-0.1, -0.05) is 6.07 Å². The van der Waals surface area contributed by atoms with E-state index >= 15 is 0 Å². The van der Waals surface area contributed by atoms with Crippen molar-refractivity contribution < 1.29 is 18.9 Å². The zero-order valence-electron chi connectivity index (χ0n) is 13.5. The maximum atomic E-state index is 6.10. The molecule has 1 N–H and O–H groups in total. The van der Waals surface area contributed by atoms with Gasteiger partial charge in [-0.05, 0) is 56.3 Å². The smallest absolute Gasteiger partial charge is 0.231 e. The van der Waals surface area contributed by atoms with Crippen LogP contribution in [0.4, 0.5) is 0 Å². The van der Waals surface area contributed by atoms with Crippen molar-refractivity contribution in [3.05, 3.63) is 23.8 Å². The number of nitrogens with one attached hydrogen (secondary N) is 1. The molecule has 1 spiro atoms. The zero-order chi connectivity index (χ0) is 15.5. The van der Waals surface area contributed by atoms with Crippen molar-refractivity contribution in [2.45, 2.75) is 43.7 Å². The van der Waals surface area contributed by atoms with Crippen molar-refractivity contribution >= 4 is 0 Å². The topological polar surface area (TPSA) is 49.0 Å². The van der Waals surface area contributed by atoms with Gasteiger partial charge in [0.1, 0.15) is 0 Å². The largest absolute Gasteiger partial charge is 0.454 e. The molecule has 5 heteroatoms. The van der Waals surface area contributed by atoms with Crippen molar-refractivity contribution in [3.8, 4) is 11.5 Å². The molecule has 126 valence electrons. The molecule has 5 nitrogen and oxygen atoms in total. The maximum absolute atomic E-state index is 6.10. The second-order valence-electron chi connectivity index (χ2n) is 6.73. The predicted molar refractivity (Wildman–Crippen MR) is 86.0 cm³/mol. The Bertz CT molecular complexity index is 536. The molecule has 0 bridgehead atoms. The molecule has 0 aliphatic carbocycles. The second-order valence-corrected chi connectivity index (χ2v) is 6.73. The van der Waals surface area contributed by atoms with Crippen LogP contribution in [-0.2, 0) is 15.9 Å². The number of hydrogen-bond acceptors (Lipinski definition) is 5. The standard InChI is InChI=1S/C18H25NO4/c1-2-16-17(22-13-21-16)11-14(1)3-7-19-15-4-8-23-18(12-15)5-9-20-10-6-18/h1-2,11,15,19H,3-10,12-13H2. The Morgan fingerprint density at radius 1 is 1.09 bits per heavy atom. The van der Waals surface area contributed by atoms with Crippen molar-refractivity contribution in [3.63, 3.8) is 0 Å². The fraction of sp³-hybridized carbons (Fsp3) is 0.667. The summed E-state index contributed by atoms with van der Waals surface area (Å²) in [4.78, 5) is 0. The summed E-state index contributed by atoms with van der Waals surface area (Å²) in [7, 11) is 0. The highest BCUT2D eigenvalue weighted by molar-refractivity contribution is 5.44. The zero-order valence-corrected chi connectivity index (χ0v) is 13.5. The maximum Gasteiger partial charge on any atom is 0.231 e. The van der Waals surface area contributed by atoms with E-state index in [0.717, 1.165) is 70.0 Å². The summed E-state index contributed by atoms with van der Waals surface area (Å²) in [6.45, 7) is 3.86. The van der Waals surface area contributed by atoms with Crippen LogP contribution in [0.15, 0.2) is 18.2 Å². The third kappa shape index (κ3) is 3.47. The lowest BCUT2D eigenvalue weighted by molar-refractivity contribution is -0.140. The van der Waals surface area contributed by atoms with Crippen molar-refractivity contribution in [1.82, 2.24) is 5.32 Å². The molecular weight excluding hydrogens is 294 g/mol. The van der Waals surface area contributed by atoms with Crippen molar-refractivity contribution in [1.29, 1.82) is 0 Å². The Hall–Kier alpha value is -1.30. The number of hydrogen-bond donors (Lipinski definition) is 1. The number of fused-ring (bicyclic) bond motifs is 1. The first-order valence-corrected chi connectivity index (χ1v) is 8.67. The van der Waals surface area contributed by atoms with Gasteiger partial charge in [-0.2, -0.15) is 0 Å². The predicted octanol–water partition coefficient (Wildman–Crippen LogP) is 2.28. The molecule has 2 fully saturated rings. The normalized spacial score (nSPS) is 25.7. The van der Waals surface area contributed by atoms with Crippen LogP contribution < -0.4 is 14.8 Å². The van der Waals surface area contributed by atoms with E-state index in [2.05, 4.69) is 17.4 Å². The van der Waals surface area contributed by atoms with Crippen LogP contribution in [0.5, 0.6) is 11.5 Å². The summed E-state index contributed by atoms with van der Waals surface area (Å²) >= 11 is 0. The van der Waals surface area contributed by atoms with Gasteiger partial charge in [0.25, 0.3) is 0 Å². The van der Waals surface area contributed by atoms with Crippen molar-refractivity contribution in [2.24, 2.45) is 0 Å². The van der Waals surface area contributed by atoms with E-state index in [1.165, 1.54) is 5.56 Å². The Kier molecular flexibility index (Phi) is 4.42. The molecule has 0 radical (unpaired) electrons. The lowest BCUT2D eigenvalue weighted by Gasteiger charge is -2.43. The van der Waals surface area contributed by atoms with Gasteiger partial charge in [-0.15, -0.1) is 0 Å². The van der Waals surface area contributed by atoms with Gasteiger partial charge < -0.3 is 24.3 Å². The molecule has 3 aliphatic rings. The molecule has 0 aromatic heterocycles. The Balaban J connectivity index is 1.27. The van der Waals surface area contributed by atoms with Crippen LogP contribution >= 0.6 is 0 Å². The number of ether oxygens (including phenoxy) is 4. The van der Waals surface area contributed by atoms with E-state index in [9.17, 15) is 0 Å². The monoisotopic (exact) mass is 319 g/mol. The molecule has 1 aromatic carbocycles. The van der Waals surface area contributed by atoms with E-state index < -0.39 is 0 Å². The minimum Gasteiger partial charge on any atom is -0.454 e. The second kappa shape index (κ2) is 6.67. The van der Waals surface area contributed by atoms with E-state index in [1.807, 2.05) is 6.07 Å². The van der Waals surface area contributed by atoms with Gasteiger partial charge in [0, 0.05) is 25.9 Å². The average Bonchev–Trinajstić information content (AvgIpc) is 3.03. The van der Waals surface area contributed by atoms with Gasteiger partial charge in [-0.3, -0.25) is 0 Å². The first-order valence-electron chi connectivity index (χ1n) is 8.67. The SMILES string of the molecule is c1cc2c(cc1CCNC1CCOC3(CCOCC3)C1)OCO2. The lowest BCUT2D eigenvalue weighted by atomic mass is 9.84. The van der Waals surface area contributed by atoms with E-state index in [-0.39, 0.29) is 5.60 Å². The highest BCUT2D eigenvalue weighted by Gasteiger charge is 2.38. The molecular formula is C18H25NO4. The quantitative estimate of drug-likeness (QED) is 0.922. The van der Waals surface area contributed by atoms with Crippen molar-refractivity contribution in [2.75, 3.05) is 33.2 Å². The molecule has 23 heavy (non-hydrogen) atoms. The fourth-order valence-electron chi connectivity index (χ4n) is 3.81. The first-order chi connectivity index (χ1) is 11.3. The lowest BCUT2D eigenvalue weighted by Crippen LogP contribution is -2.50. The highest BCUT2D eigenvalue weighted by atomic mass is 16.7. The Morgan fingerprint density at radius 3 is 2.87 bits per heavy atom. The molecule has 1 unspecified atom stereocenters. The van der Waals surface area contributed by atoms with Gasteiger partial charge in [0.2, 0.25) is 6.79 Å². The van der Waals surface area contributed by atoms with Crippen LogP contribution in [0.1, 0.15) is 31.2 Å². The van der Waals surface area contributed by atoms with E-state index in [4.69, 9.17) is 18.9 Å². The molecule has 3 aliphatic heterocycles. The summed E-state index contributed by atoms with van der Waals surface area (Å²) in [5.41, 5.74) is 1.35. The molecule has 2 saturated heterocycles. The molecule has 1 atom stereocenters. The number of benzene rings is 1. The van der Waals surface area contributed by atoms with E-state index in [0.29, 0.717) is 12.8 Å². The van der Waals surface area contributed by atoms with Crippen LogP contribution in [0.2, 0.25) is 0 Å². The fourth-order valence-corrected chi connectivity index (χ4v) is 3.81. The molecule has 0 amide bonds. The minimum absolute atomic E-state index is 0.0624.